The second-order valence-corrected chi connectivity index (χ2v) is 20.8. The number of aliphatic hydroxyl groups excluding tert-OH is 4. The number of carbonyl (C=O) groups is 4. The van der Waals surface area contributed by atoms with Gasteiger partial charge in [0.1, 0.15) is 11.6 Å². The third-order valence-electron chi connectivity index (χ3n) is 13.8. The van der Waals surface area contributed by atoms with Gasteiger partial charge in [0.05, 0.1) is 46.9 Å². The zero-order chi connectivity index (χ0) is 59.0. The van der Waals surface area contributed by atoms with E-state index in [1.54, 1.807) is 48.5 Å². The Hall–Kier alpha value is -7.52. The van der Waals surface area contributed by atoms with Crippen LogP contribution >= 0.6 is 0 Å². The molecule has 0 aliphatic heterocycles. The van der Waals surface area contributed by atoms with Crippen LogP contribution in [0.2, 0.25) is 0 Å². The zero-order valence-electron chi connectivity index (χ0n) is 49.9. The number of amides is 2. The average Bonchev–Trinajstić information content (AvgIpc) is 1.63. The molecular formula is C66H80CaF2N4O16. The second kappa shape index (κ2) is 38.8. The monoisotopic (exact) mass is 1260 g/mol. The van der Waals surface area contributed by atoms with Crippen molar-refractivity contribution in [2.75, 3.05) is 10.6 Å². The van der Waals surface area contributed by atoms with Crippen molar-refractivity contribution in [2.24, 2.45) is 0 Å². The van der Waals surface area contributed by atoms with Crippen molar-refractivity contribution in [3.05, 3.63) is 204 Å². The summed E-state index contributed by atoms with van der Waals surface area (Å²) in [6.45, 7) is 8.45. The van der Waals surface area contributed by atoms with Crippen LogP contribution in [0.15, 0.2) is 170 Å². The smallest absolute Gasteiger partial charge is 0.550 e. The largest absolute Gasteiger partial charge is 2.00 e. The van der Waals surface area contributed by atoms with Crippen LogP contribution in [-0.2, 0) is 22.7 Å². The molecule has 89 heavy (non-hydrogen) atoms. The number of para-hydroxylation sites is 2. The Labute approximate surface area is 545 Å². The summed E-state index contributed by atoms with van der Waals surface area (Å²) in [5, 5.41) is 69.2. The van der Waals surface area contributed by atoms with Crippen LogP contribution in [0.3, 0.4) is 0 Å². The SMILES string of the molecule is CC(C)c1c(C(=O)Nc2ccccc2)c(-c2ccccc2)c(-c2ccc(F)cc2)n1CCC(O)CC(O)CC(=O)[O-].CC(C)c1c(C(=O)Nc2ccccc2)c(-c2ccccc2)c(-c2ccc(F)cc2)n1CCC(O)CC(O)CC(=O)[O-].O.O.O.O.O.O.[Ca+2]. The first-order valence-electron chi connectivity index (χ1n) is 27.3. The quantitative estimate of drug-likeness (QED) is 0.0456. The predicted octanol–water partition coefficient (Wildman–Crippen LogP) is 4.63. The maximum Gasteiger partial charge on any atom is 2.00 e. The molecule has 0 saturated carbocycles. The Morgan fingerprint density at radius 1 is 0.427 bits per heavy atom. The van der Waals surface area contributed by atoms with Crippen molar-refractivity contribution in [1.29, 1.82) is 0 Å². The van der Waals surface area contributed by atoms with E-state index in [9.17, 15) is 58.6 Å². The van der Waals surface area contributed by atoms with Gasteiger partial charge in [0.2, 0.25) is 0 Å². The number of aliphatic carboxylic acids is 2. The number of halogens is 2. The van der Waals surface area contributed by atoms with Crippen LogP contribution in [-0.4, -0.2) is 148 Å². The zero-order valence-corrected chi connectivity index (χ0v) is 52.1. The van der Waals surface area contributed by atoms with Gasteiger partial charge < -0.3 is 92.9 Å². The van der Waals surface area contributed by atoms with Gasteiger partial charge in [0, 0.05) is 71.8 Å². The van der Waals surface area contributed by atoms with E-state index < -0.39 is 60.8 Å². The molecule has 23 heteroatoms. The van der Waals surface area contributed by atoms with E-state index in [4.69, 9.17) is 0 Å². The van der Waals surface area contributed by atoms with Crippen LogP contribution in [0.25, 0.3) is 44.8 Å². The van der Waals surface area contributed by atoms with Crippen molar-refractivity contribution in [3.63, 3.8) is 0 Å². The molecule has 6 aromatic carbocycles. The summed E-state index contributed by atoms with van der Waals surface area (Å²) in [4.78, 5) is 49.8. The molecule has 18 N–H and O–H groups in total. The van der Waals surface area contributed by atoms with Gasteiger partial charge in [-0.2, -0.15) is 0 Å². The van der Waals surface area contributed by atoms with Gasteiger partial charge in [-0.1, -0.05) is 125 Å². The molecule has 0 fully saturated rings. The van der Waals surface area contributed by atoms with Crippen molar-refractivity contribution in [2.45, 2.75) is 116 Å². The van der Waals surface area contributed by atoms with E-state index in [1.807, 2.05) is 134 Å². The predicted molar refractivity (Wildman–Crippen MR) is 337 cm³/mol. The number of carboxylic acids is 2. The molecule has 2 heterocycles. The molecule has 4 unspecified atom stereocenters. The van der Waals surface area contributed by atoms with Crippen molar-refractivity contribution in [1.82, 2.24) is 9.13 Å². The molecule has 0 radical (unpaired) electrons. The van der Waals surface area contributed by atoms with Crippen LogP contribution in [0.1, 0.15) is 110 Å². The Morgan fingerprint density at radius 3 is 0.978 bits per heavy atom. The van der Waals surface area contributed by atoms with Gasteiger partial charge in [-0.15, -0.1) is 0 Å². The number of aromatic nitrogens is 2. The maximum atomic E-state index is 14.0. The number of carboxylic acid groups (broad SMARTS) is 2. The van der Waals surface area contributed by atoms with Crippen LogP contribution in [0, 0.1) is 11.6 Å². The van der Waals surface area contributed by atoms with Gasteiger partial charge in [-0.05, 0) is 133 Å². The third-order valence-corrected chi connectivity index (χ3v) is 13.8. The molecule has 0 bridgehead atoms. The van der Waals surface area contributed by atoms with E-state index in [1.165, 1.54) is 24.3 Å². The molecular weight excluding hydrogens is 1180 g/mol. The van der Waals surface area contributed by atoms with Gasteiger partial charge >= 0.3 is 37.7 Å². The first kappa shape index (κ1) is 81.5. The minimum Gasteiger partial charge on any atom is -0.550 e. The molecule has 4 atom stereocenters. The van der Waals surface area contributed by atoms with Crippen LogP contribution in [0.4, 0.5) is 20.2 Å². The number of aliphatic hydroxyl groups is 4. The fourth-order valence-electron chi connectivity index (χ4n) is 10.4. The van der Waals surface area contributed by atoms with E-state index in [2.05, 4.69) is 10.6 Å². The van der Waals surface area contributed by atoms with E-state index in [0.717, 1.165) is 22.5 Å². The molecule has 0 aliphatic rings. The molecule has 2 amide bonds. The molecule has 8 rings (SSSR count). The van der Waals surface area contributed by atoms with Crippen LogP contribution in [0.5, 0.6) is 0 Å². The van der Waals surface area contributed by atoms with Crippen LogP contribution < -0.4 is 20.8 Å². The standard InChI is InChI=1S/2C33H35FN2O5.Ca.6H2O/c2*1-21(2)31-30(33(41)35-25-11-7-4-8-12-25)29(22-9-5-3-6-10-22)32(23-13-15-24(34)16-14-23)36(31)18-17-26(37)19-27(38)20-28(39)40;;;;;;;/h2*3-16,21,26-27,37-38H,17-20H2,1-2H3,(H,35,41)(H,39,40);;6*1H2/q;;+2;;;;;;/p-2. The van der Waals surface area contributed by atoms with Crippen molar-refractivity contribution >= 4 is 72.9 Å². The Morgan fingerprint density at radius 2 is 0.708 bits per heavy atom. The average molecular weight is 1260 g/mol. The normalized spacial score (nSPS) is 11.7. The first-order valence-corrected chi connectivity index (χ1v) is 27.3. The number of nitrogens with one attached hydrogen (secondary N) is 2. The number of carbonyl (C=O) groups excluding carboxylic acids is 4. The Balaban J connectivity index is 0.00000161. The van der Waals surface area contributed by atoms with E-state index in [-0.39, 0.29) is 133 Å². The molecule has 0 saturated heterocycles. The fraction of sp³-hybridized carbons (Fsp3) is 0.273. The summed E-state index contributed by atoms with van der Waals surface area (Å²) in [6.07, 6.45) is -5.54. The molecule has 8 aromatic rings. The number of nitrogens with zero attached hydrogens (tertiary/aromatic N) is 2. The molecule has 0 aliphatic carbocycles. The Bertz CT molecular complexity index is 3190. The summed E-state index contributed by atoms with van der Waals surface area (Å²) >= 11 is 0. The third kappa shape index (κ3) is 21.9. The number of rotatable bonds is 24. The van der Waals surface area contributed by atoms with Gasteiger partial charge in [0.15, 0.2) is 0 Å². The summed E-state index contributed by atoms with van der Waals surface area (Å²) in [5.41, 5.74) is 9.43. The number of hydrogen-bond donors (Lipinski definition) is 6. The topological polar surface area (TPSA) is 418 Å². The molecule has 20 nitrogen and oxygen atoms in total. The molecule has 0 spiro atoms. The summed E-state index contributed by atoms with van der Waals surface area (Å²) < 4.78 is 32.0. The minimum atomic E-state index is -1.39. The van der Waals surface area contributed by atoms with Gasteiger partial charge in [-0.3, -0.25) is 9.59 Å². The molecule has 2 aromatic heterocycles. The van der Waals surface area contributed by atoms with Gasteiger partial charge in [0.25, 0.3) is 11.8 Å². The number of anilines is 2. The number of benzene rings is 6. The first-order chi connectivity index (χ1) is 39.3. The van der Waals surface area contributed by atoms with Crippen molar-refractivity contribution < 1.29 is 91.5 Å². The van der Waals surface area contributed by atoms with E-state index in [0.29, 0.717) is 56.1 Å². The summed E-state index contributed by atoms with van der Waals surface area (Å²) in [6, 6.07) is 49.4. The summed E-state index contributed by atoms with van der Waals surface area (Å²) in [5.74, 6) is -4.41. The Kier molecular flexibility index (Phi) is 35.5. The molecule has 476 valence electrons. The fourth-order valence-corrected chi connectivity index (χ4v) is 10.4. The minimum absolute atomic E-state index is 0. The second-order valence-electron chi connectivity index (χ2n) is 20.8. The van der Waals surface area contributed by atoms with E-state index >= 15 is 0 Å². The van der Waals surface area contributed by atoms with Gasteiger partial charge in [-0.25, -0.2) is 8.78 Å². The maximum absolute atomic E-state index is 14.0. The number of hydrogen-bond acceptors (Lipinski definition) is 10. The summed E-state index contributed by atoms with van der Waals surface area (Å²) in [7, 11) is 0. The van der Waals surface area contributed by atoms with Crippen molar-refractivity contribution in [3.8, 4) is 44.8 Å².